The molecule has 1 aliphatic rings. The third kappa shape index (κ3) is 5.40. The molecule has 4 nitrogen and oxygen atoms in total. The molecule has 0 aromatic carbocycles. The van der Waals surface area contributed by atoms with Crippen molar-refractivity contribution in [1.82, 2.24) is 10.6 Å². The summed E-state index contributed by atoms with van der Waals surface area (Å²) in [5.74, 6) is 1.19. The monoisotopic (exact) mass is 211 g/mol. The summed E-state index contributed by atoms with van der Waals surface area (Å²) in [6.45, 7) is 4.27. The lowest BCUT2D eigenvalue weighted by atomic mass is 10.2. The third-order valence-corrected chi connectivity index (χ3v) is 2.43. The van der Waals surface area contributed by atoms with Gasteiger partial charge in [-0.1, -0.05) is 6.42 Å². The molecular formula is C11H21N3O. The van der Waals surface area contributed by atoms with Gasteiger partial charge in [0.1, 0.15) is 0 Å². The molecule has 0 aliphatic carbocycles. The van der Waals surface area contributed by atoms with E-state index in [-0.39, 0.29) is 5.91 Å². The molecule has 1 aliphatic heterocycles. The normalized spacial score (nSPS) is 16.5. The minimum absolute atomic E-state index is 0.110. The molecule has 15 heavy (non-hydrogen) atoms. The smallest absolute Gasteiger partial charge is 0.221 e. The number of rotatable bonds is 4. The highest BCUT2D eigenvalue weighted by atomic mass is 16.1. The van der Waals surface area contributed by atoms with Crippen molar-refractivity contribution in [1.29, 1.82) is 0 Å². The Morgan fingerprint density at radius 2 is 2.27 bits per heavy atom. The molecule has 0 atom stereocenters. The van der Waals surface area contributed by atoms with Gasteiger partial charge in [0.05, 0.1) is 5.84 Å². The number of amides is 1. The van der Waals surface area contributed by atoms with Crippen molar-refractivity contribution < 1.29 is 4.79 Å². The summed E-state index contributed by atoms with van der Waals surface area (Å²) in [6, 6.07) is 0. The summed E-state index contributed by atoms with van der Waals surface area (Å²) >= 11 is 0. The van der Waals surface area contributed by atoms with Gasteiger partial charge in [-0.05, 0) is 19.8 Å². The number of hydrogen-bond donors (Lipinski definition) is 2. The van der Waals surface area contributed by atoms with Gasteiger partial charge in [-0.3, -0.25) is 9.79 Å². The van der Waals surface area contributed by atoms with Gasteiger partial charge in [0.2, 0.25) is 5.91 Å². The van der Waals surface area contributed by atoms with Gasteiger partial charge < -0.3 is 10.6 Å². The van der Waals surface area contributed by atoms with E-state index in [1.807, 2.05) is 6.92 Å². The topological polar surface area (TPSA) is 53.5 Å². The average Bonchev–Trinajstić information content (AvgIpc) is 2.47. The van der Waals surface area contributed by atoms with E-state index in [4.69, 9.17) is 0 Å². The predicted octanol–water partition coefficient (Wildman–Crippen LogP) is 1.07. The number of nitrogens with one attached hydrogen (secondary N) is 2. The van der Waals surface area contributed by atoms with Crippen molar-refractivity contribution in [3.05, 3.63) is 0 Å². The van der Waals surface area contributed by atoms with E-state index < -0.39 is 0 Å². The zero-order valence-electron chi connectivity index (χ0n) is 9.51. The second-order valence-corrected chi connectivity index (χ2v) is 3.77. The van der Waals surface area contributed by atoms with Crippen LogP contribution in [0.2, 0.25) is 0 Å². The van der Waals surface area contributed by atoms with E-state index >= 15 is 0 Å². The van der Waals surface area contributed by atoms with Gasteiger partial charge in [0, 0.05) is 32.5 Å². The highest BCUT2D eigenvalue weighted by Crippen LogP contribution is 2.05. The molecular weight excluding hydrogens is 190 g/mol. The van der Waals surface area contributed by atoms with Crippen LogP contribution in [0.1, 0.15) is 39.0 Å². The Morgan fingerprint density at radius 1 is 1.40 bits per heavy atom. The summed E-state index contributed by atoms with van der Waals surface area (Å²) in [4.78, 5) is 15.6. The molecule has 2 N–H and O–H groups in total. The first kappa shape index (κ1) is 12.0. The maximum atomic E-state index is 11.2. The second kappa shape index (κ2) is 7.26. The Balaban J connectivity index is 2.13. The minimum atomic E-state index is 0.110. The van der Waals surface area contributed by atoms with E-state index in [0.29, 0.717) is 19.5 Å². The van der Waals surface area contributed by atoms with Crippen molar-refractivity contribution in [3.63, 3.8) is 0 Å². The standard InChI is InChI=1S/C11H21N3O/c1-2-12-11(15)7-9-14-10-6-4-3-5-8-13-10/h2-9H2,1H3,(H,12,15)(H,13,14). The van der Waals surface area contributed by atoms with Crippen LogP contribution in [0.15, 0.2) is 4.99 Å². The van der Waals surface area contributed by atoms with Gasteiger partial charge in [0.25, 0.3) is 0 Å². The van der Waals surface area contributed by atoms with Crippen LogP contribution in [0.3, 0.4) is 0 Å². The fourth-order valence-electron chi connectivity index (χ4n) is 1.62. The summed E-state index contributed by atoms with van der Waals surface area (Å²) in [5.41, 5.74) is 0. The second-order valence-electron chi connectivity index (χ2n) is 3.77. The van der Waals surface area contributed by atoms with Gasteiger partial charge in [-0.2, -0.15) is 0 Å². The largest absolute Gasteiger partial charge is 0.373 e. The zero-order valence-corrected chi connectivity index (χ0v) is 9.51. The minimum Gasteiger partial charge on any atom is -0.373 e. The van der Waals surface area contributed by atoms with Crippen LogP contribution >= 0.6 is 0 Å². The Morgan fingerprint density at radius 3 is 3.07 bits per heavy atom. The number of carbonyl (C=O) groups excluding carboxylic acids is 1. The summed E-state index contributed by atoms with van der Waals surface area (Å²) in [7, 11) is 0. The first-order chi connectivity index (χ1) is 7.33. The Hall–Kier alpha value is -1.06. The van der Waals surface area contributed by atoms with Crippen molar-refractivity contribution in [2.75, 3.05) is 19.6 Å². The van der Waals surface area contributed by atoms with Crippen LogP contribution in [-0.4, -0.2) is 31.4 Å². The van der Waals surface area contributed by atoms with Crippen LogP contribution in [0, 0.1) is 0 Å². The molecule has 1 heterocycles. The molecule has 1 rings (SSSR count). The number of hydrogen-bond acceptors (Lipinski definition) is 3. The lowest BCUT2D eigenvalue weighted by molar-refractivity contribution is -0.120. The van der Waals surface area contributed by atoms with Crippen molar-refractivity contribution in [2.45, 2.75) is 39.0 Å². The molecule has 0 spiro atoms. The van der Waals surface area contributed by atoms with Gasteiger partial charge in [0.15, 0.2) is 0 Å². The van der Waals surface area contributed by atoms with Crippen molar-refractivity contribution in [2.24, 2.45) is 4.99 Å². The Labute approximate surface area is 91.5 Å². The summed E-state index contributed by atoms with van der Waals surface area (Å²) in [6.07, 6.45) is 5.25. The van der Waals surface area contributed by atoms with Crippen LogP contribution in [0.25, 0.3) is 0 Å². The number of aliphatic imine (C=N–C) groups is 1. The molecule has 1 amide bonds. The van der Waals surface area contributed by atoms with Crippen molar-refractivity contribution in [3.8, 4) is 0 Å². The van der Waals surface area contributed by atoms with E-state index in [1.54, 1.807) is 0 Å². The Kier molecular flexibility index (Phi) is 5.81. The molecule has 0 saturated heterocycles. The average molecular weight is 211 g/mol. The fraction of sp³-hybridized carbons (Fsp3) is 0.818. The fourth-order valence-corrected chi connectivity index (χ4v) is 1.62. The molecule has 0 saturated carbocycles. The molecule has 0 radical (unpaired) electrons. The van der Waals surface area contributed by atoms with Gasteiger partial charge in [-0.15, -0.1) is 0 Å². The third-order valence-electron chi connectivity index (χ3n) is 2.43. The highest BCUT2D eigenvalue weighted by molar-refractivity contribution is 5.83. The summed E-state index contributed by atoms with van der Waals surface area (Å²) < 4.78 is 0. The zero-order chi connectivity index (χ0) is 10.9. The lowest BCUT2D eigenvalue weighted by Crippen LogP contribution is -2.30. The van der Waals surface area contributed by atoms with Gasteiger partial charge in [-0.25, -0.2) is 0 Å². The molecule has 0 aromatic rings. The maximum absolute atomic E-state index is 11.2. The lowest BCUT2D eigenvalue weighted by Gasteiger charge is -2.07. The molecule has 0 unspecified atom stereocenters. The highest BCUT2D eigenvalue weighted by Gasteiger charge is 2.04. The maximum Gasteiger partial charge on any atom is 0.221 e. The molecule has 0 aromatic heterocycles. The molecule has 86 valence electrons. The summed E-state index contributed by atoms with van der Waals surface area (Å²) in [5, 5.41) is 6.02. The van der Waals surface area contributed by atoms with Crippen LogP contribution in [-0.2, 0) is 4.79 Å². The van der Waals surface area contributed by atoms with Crippen LogP contribution in [0.4, 0.5) is 0 Å². The number of nitrogens with zero attached hydrogens (tertiary/aromatic N) is 1. The number of amidine groups is 1. The van der Waals surface area contributed by atoms with Crippen molar-refractivity contribution >= 4 is 11.7 Å². The molecule has 0 fully saturated rings. The first-order valence-corrected chi connectivity index (χ1v) is 5.87. The van der Waals surface area contributed by atoms with E-state index in [1.165, 1.54) is 19.3 Å². The quantitative estimate of drug-likeness (QED) is 0.731. The van der Waals surface area contributed by atoms with E-state index in [0.717, 1.165) is 18.8 Å². The van der Waals surface area contributed by atoms with Crippen LogP contribution < -0.4 is 10.6 Å². The SMILES string of the molecule is CCNC(=O)CCNC1=NCCCCC1. The first-order valence-electron chi connectivity index (χ1n) is 5.87. The predicted molar refractivity (Wildman–Crippen MR) is 62.1 cm³/mol. The van der Waals surface area contributed by atoms with Crippen LogP contribution in [0.5, 0.6) is 0 Å². The molecule has 0 bridgehead atoms. The number of carbonyl (C=O) groups is 1. The molecule has 4 heteroatoms. The van der Waals surface area contributed by atoms with Gasteiger partial charge >= 0.3 is 0 Å². The van der Waals surface area contributed by atoms with E-state index in [9.17, 15) is 4.79 Å². The Bertz CT molecular complexity index is 226. The van der Waals surface area contributed by atoms with E-state index in [2.05, 4.69) is 15.6 Å².